The quantitative estimate of drug-likeness (QED) is 0.478. The van der Waals surface area contributed by atoms with E-state index in [1.54, 1.807) is 48.5 Å². The molecule has 0 atom stereocenters. The van der Waals surface area contributed by atoms with Gasteiger partial charge in [0.1, 0.15) is 5.75 Å². The number of ether oxygens (including phenoxy) is 1. The number of amides is 2. The minimum atomic E-state index is -0.277. The molecule has 4 aromatic rings. The summed E-state index contributed by atoms with van der Waals surface area (Å²) >= 11 is 0. The van der Waals surface area contributed by atoms with Crippen molar-refractivity contribution in [2.75, 3.05) is 17.7 Å². The number of nitrogens with one attached hydrogen (secondary N) is 2. The summed E-state index contributed by atoms with van der Waals surface area (Å²) in [6.45, 7) is 0. The highest BCUT2D eigenvalue weighted by molar-refractivity contribution is 6.10. The molecule has 0 aromatic heterocycles. The Bertz CT molecular complexity index is 1210. The molecule has 148 valence electrons. The van der Waals surface area contributed by atoms with Gasteiger partial charge in [-0.2, -0.15) is 0 Å². The third-order valence-electron chi connectivity index (χ3n) is 4.79. The smallest absolute Gasteiger partial charge is 0.259 e. The van der Waals surface area contributed by atoms with Crippen LogP contribution in [-0.4, -0.2) is 18.9 Å². The van der Waals surface area contributed by atoms with Crippen molar-refractivity contribution in [2.45, 2.75) is 0 Å². The second-order valence-electron chi connectivity index (χ2n) is 6.71. The first-order valence-corrected chi connectivity index (χ1v) is 9.49. The molecule has 0 fully saturated rings. The number of anilines is 2. The van der Waals surface area contributed by atoms with E-state index >= 15 is 0 Å². The number of para-hydroxylation sites is 1. The number of fused-ring (bicyclic) bond motifs is 1. The fourth-order valence-electron chi connectivity index (χ4n) is 3.26. The third kappa shape index (κ3) is 4.00. The lowest BCUT2D eigenvalue weighted by molar-refractivity contribution is 0.101. The van der Waals surface area contributed by atoms with Gasteiger partial charge in [-0.1, -0.05) is 48.5 Å². The number of carbonyl (C=O) groups is 2. The van der Waals surface area contributed by atoms with E-state index in [4.69, 9.17) is 4.74 Å². The van der Waals surface area contributed by atoms with Gasteiger partial charge in [0.05, 0.1) is 12.7 Å². The standard InChI is InChI=1S/C25H20N2O3/c1-30-23-12-5-4-10-21(23)25(29)26-19-15-13-18(14-16-19)24(28)27-22-11-6-8-17-7-2-3-9-20(17)22/h2-16H,1H3,(H,26,29)(H,27,28). The van der Waals surface area contributed by atoms with Crippen molar-refractivity contribution in [1.82, 2.24) is 0 Å². The maximum Gasteiger partial charge on any atom is 0.259 e. The summed E-state index contributed by atoms with van der Waals surface area (Å²) in [5.74, 6) is 0.00968. The van der Waals surface area contributed by atoms with Crippen LogP contribution in [0.3, 0.4) is 0 Å². The Morgan fingerprint density at radius 2 is 1.40 bits per heavy atom. The van der Waals surface area contributed by atoms with Crippen molar-refractivity contribution in [3.8, 4) is 5.75 Å². The van der Waals surface area contributed by atoms with Crippen LogP contribution in [0.5, 0.6) is 5.75 Å². The SMILES string of the molecule is COc1ccccc1C(=O)Nc1ccc(C(=O)Nc2cccc3ccccc23)cc1. The molecule has 0 aliphatic carbocycles. The monoisotopic (exact) mass is 396 g/mol. The van der Waals surface area contributed by atoms with Crippen LogP contribution in [0, 0.1) is 0 Å². The van der Waals surface area contributed by atoms with E-state index in [1.807, 2.05) is 42.5 Å². The van der Waals surface area contributed by atoms with Gasteiger partial charge in [-0.3, -0.25) is 9.59 Å². The van der Waals surface area contributed by atoms with Crippen LogP contribution in [0.15, 0.2) is 91.0 Å². The second-order valence-corrected chi connectivity index (χ2v) is 6.71. The van der Waals surface area contributed by atoms with Crippen LogP contribution >= 0.6 is 0 Å². The molecule has 5 nitrogen and oxygen atoms in total. The topological polar surface area (TPSA) is 67.4 Å². The van der Waals surface area contributed by atoms with Crippen LogP contribution in [0.25, 0.3) is 10.8 Å². The molecule has 0 spiro atoms. The molecule has 0 aliphatic rings. The van der Waals surface area contributed by atoms with Crippen molar-refractivity contribution in [3.63, 3.8) is 0 Å². The Kier molecular flexibility index (Phi) is 5.44. The molecule has 0 radical (unpaired) electrons. The Morgan fingerprint density at radius 1 is 0.700 bits per heavy atom. The van der Waals surface area contributed by atoms with E-state index < -0.39 is 0 Å². The normalized spacial score (nSPS) is 10.4. The third-order valence-corrected chi connectivity index (χ3v) is 4.79. The molecule has 0 heterocycles. The van der Waals surface area contributed by atoms with E-state index in [-0.39, 0.29) is 11.8 Å². The van der Waals surface area contributed by atoms with Crippen molar-refractivity contribution in [1.29, 1.82) is 0 Å². The average Bonchev–Trinajstić information content (AvgIpc) is 2.79. The van der Waals surface area contributed by atoms with Gasteiger partial charge < -0.3 is 15.4 Å². The van der Waals surface area contributed by atoms with E-state index in [1.165, 1.54) is 7.11 Å². The zero-order valence-electron chi connectivity index (χ0n) is 16.4. The molecule has 0 aliphatic heterocycles. The molecule has 4 aromatic carbocycles. The Hall–Kier alpha value is -4.12. The summed E-state index contributed by atoms with van der Waals surface area (Å²) < 4.78 is 5.23. The summed E-state index contributed by atoms with van der Waals surface area (Å²) in [4.78, 5) is 25.2. The number of benzene rings is 4. The summed E-state index contributed by atoms with van der Waals surface area (Å²) in [6, 6.07) is 27.4. The Balaban J connectivity index is 1.48. The minimum Gasteiger partial charge on any atom is -0.496 e. The highest BCUT2D eigenvalue weighted by atomic mass is 16.5. The van der Waals surface area contributed by atoms with Crippen molar-refractivity contribution >= 4 is 34.0 Å². The molecule has 0 saturated heterocycles. The second kappa shape index (κ2) is 8.49. The van der Waals surface area contributed by atoms with E-state index in [2.05, 4.69) is 10.6 Å². The fraction of sp³-hybridized carbons (Fsp3) is 0.0400. The van der Waals surface area contributed by atoms with Gasteiger partial charge in [-0.05, 0) is 47.9 Å². The fourth-order valence-corrected chi connectivity index (χ4v) is 3.26. The lowest BCUT2D eigenvalue weighted by atomic mass is 10.1. The molecule has 0 saturated carbocycles. The van der Waals surface area contributed by atoms with Crippen LogP contribution < -0.4 is 15.4 Å². The maximum atomic E-state index is 12.7. The molecule has 2 amide bonds. The van der Waals surface area contributed by atoms with Gasteiger partial charge in [0.15, 0.2) is 0 Å². The van der Waals surface area contributed by atoms with Gasteiger partial charge in [-0.15, -0.1) is 0 Å². The Morgan fingerprint density at radius 3 is 2.20 bits per heavy atom. The van der Waals surface area contributed by atoms with Crippen LogP contribution in [0.2, 0.25) is 0 Å². The minimum absolute atomic E-state index is 0.214. The van der Waals surface area contributed by atoms with Crippen LogP contribution in [-0.2, 0) is 0 Å². The number of carbonyl (C=O) groups excluding carboxylic acids is 2. The zero-order valence-corrected chi connectivity index (χ0v) is 16.4. The predicted molar refractivity (Wildman–Crippen MR) is 119 cm³/mol. The van der Waals surface area contributed by atoms with Crippen molar-refractivity contribution in [3.05, 3.63) is 102 Å². The molecule has 5 heteroatoms. The van der Waals surface area contributed by atoms with Crippen LogP contribution in [0.1, 0.15) is 20.7 Å². The molecule has 0 unspecified atom stereocenters. The lowest BCUT2D eigenvalue weighted by Crippen LogP contribution is -2.14. The van der Waals surface area contributed by atoms with E-state index in [0.717, 1.165) is 16.5 Å². The van der Waals surface area contributed by atoms with Gasteiger partial charge in [0.2, 0.25) is 0 Å². The molecule has 4 rings (SSSR count). The summed E-state index contributed by atoms with van der Waals surface area (Å²) in [5, 5.41) is 7.82. The number of hydrogen-bond acceptors (Lipinski definition) is 3. The van der Waals surface area contributed by atoms with E-state index in [9.17, 15) is 9.59 Å². The molecule has 2 N–H and O–H groups in total. The zero-order chi connectivity index (χ0) is 20.9. The summed E-state index contributed by atoms with van der Waals surface area (Å²) in [5.41, 5.74) is 2.29. The molecular weight excluding hydrogens is 376 g/mol. The van der Waals surface area contributed by atoms with Crippen molar-refractivity contribution < 1.29 is 14.3 Å². The highest BCUT2D eigenvalue weighted by Gasteiger charge is 2.13. The molecule has 0 bridgehead atoms. The highest BCUT2D eigenvalue weighted by Crippen LogP contribution is 2.24. The number of methoxy groups -OCH3 is 1. The predicted octanol–water partition coefficient (Wildman–Crippen LogP) is 5.35. The molecular formula is C25H20N2O3. The van der Waals surface area contributed by atoms with Gasteiger partial charge >= 0.3 is 0 Å². The summed E-state index contributed by atoms with van der Waals surface area (Å²) in [7, 11) is 1.52. The first kappa shape index (κ1) is 19.2. The van der Waals surface area contributed by atoms with Gasteiger partial charge in [-0.25, -0.2) is 0 Å². The lowest BCUT2D eigenvalue weighted by Gasteiger charge is -2.11. The maximum absolute atomic E-state index is 12.7. The Labute approximate surface area is 174 Å². The van der Waals surface area contributed by atoms with Crippen LogP contribution in [0.4, 0.5) is 11.4 Å². The first-order chi connectivity index (χ1) is 14.7. The first-order valence-electron chi connectivity index (χ1n) is 9.49. The summed E-state index contributed by atoms with van der Waals surface area (Å²) in [6.07, 6.45) is 0. The largest absolute Gasteiger partial charge is 0.496 e. The van der Waals surface area contributed by atoms with Gasteiger partial charge in [0, 0.05) is 22.3 Å². The average molecular weight is 396 g/mol. The van der Waals surface area contributed by atoms with Crippen molar-refractivity contribution in [2.24, 2.45) is 0 Å². The van der Waals surface area contributed by atoms with E-state index in [0.29, 0.717) is 22.6 Å². The number of hydrogen-bond donors (Lipinski definition) is 2. The van der Waals surface area contributed by atoms with Gasteiger partial charge in [0.25, 0.3) is 11.8 Å². The molecule has 30 heavy (non-hydrogen) atoms. The number of rotatable bonds is 5.